The van der Waals surface area contributed by atoms with Crippen molar-refractivity contribution in [1.29, 1.82) is 0 Å². The SMILES string of the molecule is CCC(C)C1=Cc2c(-c3ccc(C)c(C)c3C)cccc2[CH]1[Hf]([CH]1C(C(C)CC)=Cc2c(-c3ccc(C)c(C)c3C)cccc21)[SiH](C)C. The zero-order valence-electron chi connectivity index (χ0n) is 31.7. The van der Waals surface area contributed by atoms with Crippen LogP contribution in [-0.4, -0.2) is 5.98 Å². The van der Waals surface area contributed by atoms with Crippen LogP contribution in [0.5, 0.6) is 0 Å². The van der Waals surface area contributed by atoms with Gasteiger partial charge >= 0.3 is 303 Å². The van der Waals surface area contributed by atoms with Gasteiger partial charge in [0.25, 0.3) is 0 Å². The van der Waals surface area contributed by atoms with E-state index in [0.717, 1.165) is 0 Å². The van der Waals surface area contributed by atoms with Gasteiger partial charge in [0.2, 0.25) is 0 Å². The molecular weight excluding hydrogens is 759 g/mol. The number of hydrogen-bond acceptors (Lipinski definition) is 0. The summed E-state index contributed by atoms with van der Waals surface area (Å²) in [5.41, 5.74) is 24.2. The summed E-state index contributed by atoms with van der Waals surface area (Å²) < 4.78 is 1.32. The molecule has 6 rings (SSSR count). The summed E-state index contributed by atoms with van der Waals surface area (Å²) in [5.74, 6) is 0.216. The summed E-state index contributed by atoms with van der Waals surface area (Å²) in [5, 5.41) is 0. The van der Waals surface area contributed by atoms with E-state index in [4.69, 9.17) is 0 Å². The third-order valence-electron chi connectivity index (χ3n) is 12.6. The Hall–Kier alpha value is -2.55. The molecule has 0 aromatic heterocycles. The van der Waals surface area contributed by atoms with E-state index in [1.807, 2.05) is 0 Å². The minimum atomic E-state index is -2.51. The Morgan fingerprint density at radius 1 is 0.542 bits per heavy atom. The zero-order valence-corrected chi connectivity index (χ0v) is 36.5. The molecule has 4 aromatic rings. The third-order valence-corrected chi connectivity index (χ3v) is 43.2. The molecule has 0 nitrogen and oxygen atoms in total. The molecule has 249 valence electrons. The molecule has 0 radical (unpaired) electrons. The summed E-state index contributed by atoms with van der Waals surface area (Å²) in [4.78, 5) is 0. The number of hydrogen-bond donors (Lipinski definition) is 0. The van der Waals surface area contributed by atoms with Crippen molar-refractivity contribution >= 4 is 18.1 Å². The van der Waals surface area contributed by atoms with Gasteiger partial charge in [0.1, 0.15) is 0 Å². The van der Waals surface area contributed by atoms with E-state index in [1.54, 1.807) is 22.3 Å². The van der Waals surface area contributed by atoms with Gasteiger partial charge in [-0.1, -0.05) is 0 Å². The van der Waals surface area contributed by atoms with Crippen molar-refractivity contribution in [1.82, 2.24) is 0 Å². The monoisotopic (exact) mass is 817 g/mol. The molecule has 0 bridgehead atoms. The molecule has 0 spiro atoms. The Morgan fingerprint density at radius 2 is 0.938 bits per heavy atom. The molecule has 0 amide bonds. The van der Waals surface area contributed by atoms with Crippen LogP contribution in [0.25, 0.3) is 34.4 Å². The van der Waals surface area contributed by atoms with E-state index in [2.05, 4.69) is 155 Å². The van der Waals surface area contributed by atoms with Crippen LogP contribution in [0.15, 0.2) is 71.8 Å². The van der Waals surface area contributed by atoms with Crippen molar-refractivity contribution in [2.45, 2.75) is 103 Å². The second-order valence-corrected chi connectivity index (χ2v) is 43.4. The van der Waals surface area contributed by atoms with Crippen LogP contribution in [0.4, 0.5) is 0 Å². The fraction of sp³-hybridized carbons (Fsp3) is 0.391. The van der Waals surface area contributed by atoms with Gasteiger partial charge < -0.3 is 0 Å². The van der Waals surface area contributed by atoms with Crippen LogP contribution >= 0.6 is 0 Å². The molecule has 4 aromatic carbocycles. The van der Waals surface area contributed by atoms with E-state index in [1.165, 1.54) is 79.6 Å². The van der Waals surface area contributed by atoms with Crippen molar-refractivity contribution < 1.29 is 20.6 Å². The van der Waals surface area contributed by atoms with Gasteiger partial charge in [-0.25, -0.2) is 0 Å². The first-order chi connectivity index (χ1) is 22.9. The molecule has 0 fully saturated rings. The molecule has 48 heavy (non-hydrogen) atoms. The van der Waals surface area contributed by atoms with Crippen molar-refractivity contribution in [3.8, 4) is 22.3 Å². The van der Waals surface area contributed by atoms with Gasteiger partial charge in [-0.05, 0) is 0 Å². The van der Waals surface area contributed by atoms with Gasteiger partial charge in [0.15, 0.2) is 0 Å². The fourth-order valence-corrected chi connectivity index (χ4v) is 41.5. The summed E-state index contributed by atoms with van der Waals surface area (Å²) >= 11 is -2.51. The number of benzene rings is 4. The van der Waals surface area contributed by atoms with Crippen LogP contribution in [-0.2, 0) is 20.6 Å². The molecule has 0 aliphatic heterocycles. The standard InChI is InChI=1S/2C22H25.C2H7Si.Hf/c2*1-6-14(2)19-12-18-8-7-9-21(22(18)13-19)20-11-10-15(3)16(4)17(20)5;1-3-2;/h2*7-14H,6H2,1-5H3;3H,1-2H3;. The molecule has 0 saturated carbocycles. The molecule has 2 aliphatic carbocycles. The topological polar surface area (TPSA) is 0 Å². The van der Waals surface area contributed by atoms with Crippen LogP contribution in [0.1, 0.15) is 104 Å². The molecular formula is C46H57HfSi. The van der Waals surface area contributed by atoms with E-state index in [0.29, 0.717) is 19.2 Å². The predicted octanol–water partition coefficient (Wildman–Crippen LogP) is 13.1. The van der Waals surface area contributed by atoms with E-state index in [-0.39, 0.29) is 0 Å². The first-order valence-electron chi connectivity index (χ1n) is 18.6. The Morgan fingerprint density at radius 3 is 1.29 bits per heavy atom. The molecule has 0 heterocycles. The van der Waals surface area contributed by atoms with Crippen molar-refractivity contribution in [3.63, 3.8) is 0 Å². The average Bonchev–Trinajstić information content (AvgIpc) is 3.65. The molecule has 2 heteroatoms. The van der Waals surface area contributed by atoms with Gasteiger partial charge in [0.05, 0.1) is 0 Å². The Balaban J connectivity index is 1.57. The first kappa shape index (κ1) is 35.3. The van der Waals surface area contributed by atoms with Crippen molar-refractivity contribution in [3.05, 3.63) is 127 Å². The van der Waals surface area contributed by atoms with Gasteiger partial charge in [0, 0.05) is 0 Å². The minimum absolute atomic E-state index is 0.602. The van der Waals surface area contributed by atoms with Crippen LogP contribution in [0.3, 0.4) is 0 Å². The normalized spacial score (nSPS) is 18.0. The molecule has 4 unspecified atom stereocenters. The summed E-state index contributed by atoms with van der Waals surface area (Å²) in [6, 6.07) is 24.1. The Bertz CT molecular complexity index is 1800. The molecule has 2 aliphatic rings. The number of rotatable bonds is 9. The van der Waals surface area contributed by atoms with Gasteiger partial charge in [-0.3, -0.25) is 0 Å². The number of fused-ring (bicyclic) bond motifs is 2. The van der Waals surface area contributed by atoms with Crippen LogP contribution in [0, 0.1) is 53.4 Å². The second-order valence-electron chi connectivity index (χ2n) is 15.4. The average molecular weight is 817 g/mol. The summed E-state index contributed by atoms with van der Waals surface area (Å²) in [7, 11) is 0. The predicted molar refractivity (Wildman–Crippen MR) is 211 cm³/mol. The van der Waals surface area contributed by atoms with E-state index >= 15 is 0 Å². The quantitative estimate of drug-likeness (QED) is 0.148. The first-order valence-corrected chi connectivity index (χ1v) is 31.9. The van der Waals surface area contributed by atoms with Crippen molar-refractivity contribution in [2.24, 2.45) is 11.8 Å². The number of aryl methyl sites for hydroxylation is 2. The summed E-state index contributed by atoms with van der Waals surface area (Å²) in [6.07, 6.45) is 7.82. The Labute approximate surface area is 300 Å². The van der Waals surface area contributed by atoms with Crippen LogP contribution < -0.4 is 0 Å². The van der Waals surface area contributed by atoms with E-state index < -0.39 is 26.6 Å². The fourth-order valence-electron chi connectivity index (χ4n) is 8.72. The maximum atomic E-state index is 2.73. The third kappa shape index (κ3) is 5.87. The van der Waals surface area contributed by atoms with Crippen LogP contribution in [0.2, 0.25) is 13.1 Å². The van der Waals surface area contributed by atoms with Gasteiger partial charge in [-0.2, -0.15) is 0 Å². The zero-order chi connectivity index (χ0) is 34.6. The molecule has 4 atom stereocenters. The number of allylic oxidation sites excluding steroid dienone is 2. The maximum absolute atomic E-state index is 2.73. The second kappa shape index (κ2) is 14.0. The van der Waals surface area contributed by atoms with Gasteiger partial charge in [-0.15, -0.1) is 0 Å². The van der Waals surface area contributed by atoms with Crippen molar-refractivity contribution in [2.75, 3.05) is 0 Å². The van der Waals surface area contributed by atoms with E-state index in [9.17, 15) is 0 Å². The Kier molecular flexibility index (Phi) is 10.3. The summed E-state index contributed by atoms with van der Waals surface area (Å²) in [6.45, 7) is 29.1. The molecule has 0 N–H and O–H groups in total. The molecule has 0 saturated heterocycles.